The van der Waals surface area contributed by atoms with Gasteiger partial charge in [-0.05, 0) is 18.6 Å². The summed E-state index contributed by atoms with van der Waals surface area (Å²) < 4.78 is 0. The molecular formula is C14H16N4O2. The lowest BCUT2D eigenvalue weighted by atomic mass is 10.1. The maximum atomic E-state index is 12.6. The molecule has 0 saturated carbocycles. The number of nitrogens with zero attached hydrogens (tertiary/aromatic N) is 1. The SMILES string of the molecule is CC1CN(C(=O)c2c[nH]c(=O)[nH]2)c2ccccc2CN1. The van der Waals surface area contributed by atoms with Crippen LogP contribution in [0.15, 0.2) is 35.3 Å². The molecule has 1 aromatic carbocycles. The van der Waals surface area contributed by atoms with Gasteiger partial charge in [-0.25, -0.2) is 4.79 Å². The average Bonchev–Trinajstić information content (AvgIpc) is 2.81. The number of H-pyrrole nitrogens is 2. The standard InChI is InChI=1S/C14H16N4O2/c1-9-8-18(13(19)11-7-16-14(20)17-11)12-5-3-2-4-10(12)6-15-9/h2-5,7,9,15H,6,8H2,1H3,(H2,16,17,20). The van der Waals surface area contributed by atoms with Crippen molar-refractivity contribution in [3.05, 3.63) is 52.2 Å². The summed E-state index contributed by atoms with van der Waals surface area (Å²) in [5, 5.41) is 3.37. The van der Waals surface area contributed by atoms with Crippen molar-refractivity contribution in [1.29, 1.82) is 0 Å². The largest absolute Gasteiger partial charge is 0.323 e. The molecule has 2 heterocycles. The van der Waals surface area contributed by atoms with Gasteiger partial charge in [0.05, 0.1) is 0 Å². The summed E-state index contributed by atoms with van der Waals surface area (Å²) in [7, 11) is 0. The molecule has 6 nitrogen and oxygen atoms in total. The molecule has 0 bridgehead atoms. The number of para-hydroxylation sites is 1. The lowest BCUT2D eigenvalue weighted by Crippen LogP contribution is -2.40. The lowest BCUT2D eigenvalue weighted by Gasteiger charge is -2.23. The second-order valence-corrected chi connectivity index (χ2v) is 4.98. The van der Waals surface area contributed by atoms with Gasteiger partial charge in [0.2, 0.25) is 0 Å². The number of hydrogen-bond donors (Lipinski definition) is 3. The first-order valence-electron chi connectivity index (χ1n) is 6.56. The minimum Gasteiger partial charge on any atom is -0.312 e. The molecule has 0 aliphatic carbocycles. The predicted octanol–water partition coefficient (Wildman–Crippen LogP) is 0.841. The van der Waals surface area contributed by atoms with Crippen molar-refractivity contribution in [2.24, 2.45) is 0 Å². The highest BCUT2D eigenvalue weighted by atomic mass is 16.2. The highest BCUT2D eigenvalue weighted by molar-refractivity contribution is 6.05. The van der Waals surface area contributed by atoms with Gasteiger partial charge in [-0.2, -0.15) is 0 Å². The quantitative estimate of drug-likeness (QED) is 0.719. The molecule has 1 aliphatic rings. The Labute approximate surface area is 115 Å². The first kappa shape index (κ1) is 12.7. The predicted molar refractivity (Wildman–Crippen MR) is 75.8 cm³/mol. The number of fused-ring (bicyclic) bond motifs is 1. The number of rotatable bonds is 1. The van der Waals surface area contributed by atoms with E-state index in [4.69, 9.17) is 0 Å². The van der Waals surface area contributed by atoms with Crippen molar-refractivity contribution in [2.45, 2.75) is 19.5 Å². The number of benzene rings is 1. The van der Waals surface area contributed by atoms with Gasteiger partial charge in [-0.1, -0.05) is 18.2 Å². The smallest absolute Gasteiger partial charge is 0.312 e. The maximum absolute atomic E-state index is 12.6. The number of imidazole rings is 1. The molecule has 3 rings (SSSR count). The number of carbonyl (C=O) groups excluding carboxylic acids is 1. The van der Waals surface area contributed by atoms with Crippen LogP contribution in [0.25, 0.3) is 0 Å². The molecule has 0 radical (unpaired) electrons. The summed E-state index contributed by atoms with van der Waals surface area (Å²) in [6.45, 7) is 3.32. The fourth-order valence-electron chi connectivity index (χ4n) is 2.43. The van der Waals surface area contributed by atoms with E-state index in [-0.39, 0.29) is 23.3 Å². The Bertz CT molecular complexity index is 688. The lowest BCUT2D eigenvalue weighted by molar-refractivity contribution is 0.0981. The highest BCUT2D eigenvalue weighted by Gasteiger charge is 2.25. The summed E-state index contributed by atoms with van der Waals surface area (Å²) in [4.78, 5) is 30.4. The van der Waals surface area contributed by atoms with Crippen LogP contribution in [0.5, 0.6) is 0 Å². The number of aromatic nitrogens is 2. The number of carbonyl (C=O) groups is 1. The Hall–Kier alpha value is -2.34. The molecule has 0 fully saturated rings. The van der Waals surface area contributed by atoms with E-state index in [1.165, 1.54) is 6.20 Å². The molecule has 1 amide bonds. The monoisotopic (exact) mass is 272 g/mol. The Morgan fingerprint density at radius 3 is 2.90 bits per heavy atom. The van der Waals surface area contributed by atoms with E-state index in [2.05, 4.69) is 15.3 Å². The first-order valence-corrected chi connectivity index (χ1v) is 6.56. The van der Waals surface area contributed by atoms with Crippen LogP contribution in [0.4, 0.5) is 5.69 Å². The summed E-state index contributed by atoms with van der Waals surface area (Å²) in [6.07, 6.45) is 1.41. The van der Waals surface area contributed by atoms with Crippen LogP contribution in [0, 0.1) is 0 Å². The van der Waals surface area contributed by atoms with E-state index < -0.39 is 0 Å². The molecule has 1 atom stereocenters. The molecule has 1 aliphatic heterocycles. The van der Waals surface area contributed by atoms with Gasteiger partial charge < -0.3 is 20.2 Å². The van der Waals surface area contributed by atoms with Crippen LogP contribution in [0.1, 0.15) is 23.0 Å². The molecule has 2 aromatic rings. The minimum atomic E-state index is -0.373. The van der Waals surface area contributed by atoms with E-state index in [1.54, 1.807) is 4.90 Å². The van der Waals surface area contributed by atoms with Gasteiger partial charge >= 0.3 is 5.69 Å². The topological polar surface area (TPSA) is 81.0 Å². The van der Waals surface area contributed by atoms with Gasteiger partial charge in [-0.15, -0.1) is 0 Å². The van der Waals surface area contributed by atoms with E-state index in [0.717, 1.165) is 17.8 Å². The van der Waals surface area contributed by atoms with Crippen molar-refractivity contribution >= 4 is 11.6 Å². The number of hydrogen-bond acceptors (Lipinski definition) is 3. The zero-order valence-corrected chi connectivity index (χ0v) is 11.1. The van der Waals surface area contributed by atoms with Crippen LogP contribution in [0.3, 0.4) is 0 Å². The molecule has 20 heavy (non-hydrogen) atoms. The van der Waals surface area contributed by atoms with Gasteiger partial charge in [0, 0.05) is 31.0 Å². The molecule has 1 unspecified atom stereocenters. The minimum absolute atomic E-state index is 0.178. The average molecular weight is 272 g/mol. The van der Waals surface area contributed by atoms with Crippen LogP contribution < -0.4 is 15.9 Å². The Balaban J connectivity index is 2.02. The zero-order valence-electron chi connectivity index (χ0n) is 11.1. The first-order chi connectivity index (χ1) is 9.65. The van der Waals surface area contributed by atoms with Crippen LogP contribution in [-0.4, -0.2) is 28.5 Å². The second kappa shape index (κ2) is 4.97. The fraction of sp³-hybridized carbons (Fsp3) is 0.286. The van der Waals surface area contributed by atoms with Crippen molar-refractivity contribution in [1.82, 2.24) is 15.3 Å². The number of anilines is 1. The van der Waals surface area contributed by atoms with Gasteiger partial charge in [0.1, 0.15) is 5.69 Å². The zero-order chi connectivity index (χ0) is 14.1. The third-order valence-corrected chi connectivity index (χ3v) is 3.45. The third-order valence-electron chi connectivity index (χ3n) is 3.45. The Morgan fingerprint density at radius 1 is 1.35 bits per heavy atom. The van der Waals surface area contributed by atoms with Gasteiger partial charge in [0.15, 0.2) is 0 Å². The molecule has 104 valence electrons. The van der Waals surface area contributed by atoms with E-state index in [0.29, 0.717) is 6.54 Å². The van der Waals surface area contributed by atoms with Crippen LogP contribution in [0.2, 0.25) is 0 Å². The maximum Gasteiger partial charge on any atom is 0.323 e. The summed E-state index contributed by atoms with van der Waals surface area (Å²) in [5.74, 6) is -0.202. The molecule has 0 saturated heterocycles. The third kappa shape index (κ3) is 2.25. The number of amides is 1. The summed E-state index contributed by atoms with van der Waals surface area (Å²) in [6, 6.07) is 7.97. The molecular weight excluding hydrogens is 256 g/mol. The van der Waals surface area contributed by atoms with Crippen molar-refractivity contribution in [2.75, 3.05) is 11.4 Å². The normalized spacial score (nSPS) is 18.4. The second-order valence-electron chi connectivity index (χ2n) is 4.98. The van der Waals surface area contributed by atoms with Crippen molar-refractivity contribution in [3.8, 4) is 0 Å². The molecule has 3 N–H and O–H groups in total. The van der Waals surface area contributed by atoms with Crippen LogP contribution >= 0.6 is 0 Å². The molecule has 0 spiro atoms. The Kier molecular flexibility index (Phi) is 3.15. The Morgan fingerprint density at radius 2 is 2.15 bits per heavy atom. The van der Waals surface area contributed by atoms with Crippen LogP contribution in [-0.2, 0) is 6.54 Å². The van der Waals surface area contributed by atoms with Gasteiger partial charge in [0.25, 0.3) is 5.91 Å². The number of aromatic amines is 2. The fourth-order valence-corrected chi connectivity index (χ4v) is 2.43. The van der Waals surface area contributed by atoms with E-state index in [9.17, 15) is 9.59 Å². The van der Waals surface area contributed by atoms with E-state index >= 15 is 0 Å². The van der Waals surface area contributed by atoms with Gasteiger partial charge in [-0.3, -0.25) is 4.79 Å². The molecule has 1 aromatic heterocycles. The van der Waals surface area contributed by atoms with Crippen molar-refractivity contribution < 1.29 is 4.79 Å². The van der Waals surface area contributed by atoms with E-state index in [1.807, 2.05) is 31.2 Å². The van der Waals surface area contributed by atoms with Crippen molar-refractivity contribution in [3.63, 3.8) is 0 Å². The molecule has 6 heteroatoms. The highest BCUT2D eigenvalue weighted by Crippen LogP contribution is 2.24. The summed E-state index contributed by atoms with van der Waals surface area (Å²) >= 11 is 0. The summed E-state index contributed by atoms with van der Waals surface area (Å²) in [5.41, 5.74) is 1.86. The number of nitrogens with one attached hydrogen (secondary N) is 3.